The Bertz CT molecular complexity index is 916. The summed E-state index contributed by atoms with van der Waals surface area (Å²) in [6.07, 6.45) is 0.184. The van der Waals surface area contributed by atoms with Gasteiger partial charge in [-0.05, 0) is 34.5 Å². The summed E-state index contributed by atoms with van der Waals surface area (Å²) in [5.74, 6) is -1.48. The van der Waals surface area contributed by atoms with Gasteiger partial charge >= 0.3 is 5.97 Å². The lowest BCUT2D eigenvalue weighted by atomic mass is 10.0. The summed E-state index contributed by atoms with van der Waals surface area (Å²) in [5.41, 5.74) is 1.25. The molecule has 3 aromatic carbocycles. The lowest BCUT2D eigenvalue weighted by Gasteiger charge is -2.15. The van der Waals surface area contributed by atoms with E-state index in [4.69, 9.17) is 11.6 Å². The van der Waals surface area contributed by atoms with Crippen molar-refractivity contribution in [1.82, 2.24) is 5.32 Å². The zero-order valence-corrected chi connectivity index (χ0v) is 14.0. The van der Waals surface area contributed by atoms with E-state index in [1.807, 2.05) is 30.3 Å². The Labute approximate surface area is 150 Å². The van der Waals surface area contributed by atoms with E-state index < -0.39 is 17.9 Å². The minimum absolute atomic E-state index is 0.184. The number of nitrogens with one attached hydrogen (secondary N) is 1. The highest BCUT2D eigenvalue weighted by molar-refractivity contribution is 6.30. The summed E-state index contributed by atoms with van der Waals surface area (Å²) in [7, 11) is 0. The predicted molar refractivity (Wildman–Crippen MR) is 98.0 cm³/mol. The highest BCUT2D eigenvalue weighted by atomic mass is 35.5. The van der Waals surface area contributed by atoms with E-state index in [-0.39, 0.29) is 6.42 Å². The van der Waals surface area contributed by atoms with E-state index in [0.717, 1.165) is 16.3 Å². The van der Waals surface area contributed by atoms with Crippen LogP contribution in [0.5, 0.6) is 0 Å². The number of hydrogen-bond donors (Lipinski definition) is 2. The van der Waals surface area contributed by atoms with Gasteiger partial charge < -0.3 is 10.4 Å². The van der Waals surface area contributed by atoms with Crippen molar-refractivity contribution in [3.8, 4) is 0 Å². The molecule has 1 atom stereocenters. The maximum atomic E-state index is 12.6. The van der Waals surface area contributed by atoms with Gasteiger partial charge in [-0.3, -0.25) is 4.79 Å². The number of benzene rings is 3. The SMILES string of the molecule is O=C(N[C@@H](Cc1ccc(Cl)cc1)C(=O)O)c1cccc2ccccc12. The molecule has 0 spiro atoms. The first-order chi connectivity index (χ1) is 12.0. The minimum atomic E-state index is -1.08. The molecular weight excluding hydrogens is 338 g/mol. The van der Waals surface area contributed by atoms with Gasteiger partial charge in [0.2, 0.25) is 0 Å². The Morgan fingerprint density at radius 3 is 2.36 bits per heavy atom. The highest BCUT2D eigenvalue weighted by Gasteiger charge is 2.22. The zero-order valence-electron chi connectivity index (χ0n) is 13.3. The van der Waals surface area contributed by atoms with Crippen molar-refractivity contribution in [2.75, 3.05) is 0 Å². The number of halogens is 1. The average Bonchev–Trinajstić information content (AvgIpc) is 2.62. The molecule has 0 saturated carbocycles. The summed E-state index contributed by atoms with van der Waals surface area (Å²) < 4.78 is 0. The Morgan fingerprint density at radius 2 is 1.64 bits per heavy atom. The van der Waals surface area contributed by atoms with Crippen molar-refractivity contribution >= 4 is 34.2 Å². The third-order valence-corrected chi connectivity index (χ3v) is 4.24. The monoisotopic (exact) mass is 353 g/mol. The molecule has 0 aliphatic rings. The van der Waals surface area contributed by atoms with Crippen LogP contribution in [-0.4, -0.2) is 23.0 Å². The number of rotatable bonds is 5. The fraction of sp³-hybridized carbons (Fsp3) is 0.100. The standard InChI is InChI=1S/C20H16ClNO3/c21-15-10-8-13(9-11-15)12-18(20(24)25)22-19(23)17-7-3-5-14-4-1-2-6-16(14)17/h1-11,18H,12H2,(H,22,23)(H,24,25)/t18-/m0/s1. The zero-order chi connectivity index (χ0) is 17.8. The van der Waals surface area contributed by atoms with Gasteiger partial charge in [0.05, 0.1) is 0 Å². The Balaban J connectivity index is 1.83. The molecule has 3 rings (SSSR count). The molecule has 0 radical (unpaired) electrons. The topological polar surface area (TPSA) is 66.4 Å². The molecule has 0 aliphatic carbocycles. The molecule has 0 heterocycles. The van der Waals surface area contributed by atoms with Crippen molar-refractivity contribution in [2.24, 2.45) is 0 Å². The van der Waals surface area contributed by atoms with E-state index in [1.165, 1.54) is 0 Å². The van der Waals surface area contributed by atoms with Gasteiger partial charge in [-0.1, -0.05) is 60.1 Å². The highest BCUT2D eigenvalue weighted by Crippen LogP contribution is 2.19. The average molecular weight is 354 g/mol. The van der Waals surface area contributed by atoms with Crippen LogP contribution in [0.1, 0.15) is 15.9 Å². The fourth-order valence-corrected chi connectivity index (χ4v) is 2.84. The molecule has 3 aromatic rings. The summed E-state index contributed by atoms with van der Waals surface area (Å²) in [6, 6.07) is 18.8. The second-order valence-corrected chi connectivity index (χ2v) is 6.16. The molecule has 0 fully saturated rings. The van der Waals surface area contributed by atoms with Gasteiger partial charge in [-0.25, -0.2) is 4.79 Å². The first-order valence-corrected chi connectivity index (χ1v) is 8.18. The molecule has 25 heavy (non-hydrogen) atoms. The Morgan fingerprint density at radius 1 is 0.960 bits per heavy atom. The second kappa shape index (κ2) is 7.36. The molecule has 4 nitrogen and oxygen atoms in total. The summed E-state index contributed by atoms with van der Waals surface area (Å²) >= 11 is 5.84. The quantitative estimate of drug-likeness (QED) is 0.730. The smallest absolute Gasteiger partial charge is 0.326 e. The molecule has 0 aliphatic heterocycles. The van der Waals surface area contributed by atoms with Gasteiger partial charge in [0.15, 0.2) is 0 Å². The Hall–Kier alpha value is -2.85. The molecule has 0 unspecified atom stereocenters. The molecule has 2 N–H and O–H groups in total. The van der Waals surface area contributed by atoms with E-state index in [0.29, 0.717) is 10.6 Å². The number of carboxylic acid groups (broad SMARTS) is 1. The maximum absolute atomic E-state index is 12.6. The summed E-state index contributed by atoms with van der Waals surface area (Å²) in [4.78, 5) is 24.2. The maximum Gasteiger partial charge on any atom is 0.326 e. The number of carbonyl (C=O) groups is 2. The number of amides is 1. The molecule has 0 aromatic heterocycles. The van der Waals surface area contributed by atoms with Crippen molar-refractivity contribution in [2.45, 2.75) is 12.5 Å². The minimum Gasteiger partial charge on any atom is -0.480 e. The van der Waals surface area contributed by atoms with Crippen molar-refractivity contribution < 1.29 is 14.7 Å². The lowest BCUT2D eigenvalue weighted by Crippen LogP contribution is -2.42. The number of fused-ring (bicyclic) bond motifs is 1. The number of carbonyl (C=O) groups excluding carboxylic acids is 1. The lowest BCUT2D eigenvalue weighted by molar-refractivity contribution is -0.139. The Kier molecular flexibility index (Phi) is 5.00. The van der Waals surface area contributed by atoms with Crippen LogP contribution >= 0.6 is 11.6 Å². The number of carboxylic acids is 1. The van der Waals surface area contributed by atoms with Crippen LogP contribution in [-0.2, 0) is 11.2 Å². The summed E-state index contributed by atoms with van der Waals surface area (Å²) in [6.45, 7) is 0. The molecular formula is C20H16ClNO3. The van der Waals surface area contributed by atoms with Crippen molar-refractivity contribution in [3.05, 3.63) is 82.9 Å². The van der Waals surface area contributed by atoms with Gasteiger partial charge in [0.1, 0.15) is 6.04 Å². The van der Waals surface area contributed by atoms with Crippen LogP contribution in [0, 0.1) is 0 Å². The third-order valence-electron chi connectivity index (χ3n) is 3.99. The molecule has 0 bridgehead atoms. The van der Waals surface area contributed by atoms with Crippen LogP contribution in [0.2, 0.25) is 5.02 Å². The largest absolute Gasteiger partial charge is 0.480 e. The van der Waals surface area contributed by atoms with E-state index in [1.54, 1.807) is 36.4 Å². The normalized spacial score (nSPS) is 11.9. The van der Waals surface area contributed by atoms with Crippen LogP contribution in [0.25, 0.3) is 10.8 Å². The van der Waals surface area contributed by atoms with Gasteiger partial charge in [-0.15, -0.1) is 0 Å². The second-order valence-electron chi connectivity index (χ2n) is 5.72. The first kappa shape index (κ1) is 17.0. The summed E-state index contributed by atoms with van der Waals surface area (Å²) in [5, 5.41) is 14.4. The van der Waals surface area contributed by atoms with Gasteiger partial charge in [0.25, 0.3) is 5.91 Å². The van der Waals surface area contributed by atoms with E-state index >= 15 is 0 Å². The third kappa shape index (κ3) is 3.98. The van der Waals surface area contributed by atoms with Crippen LogP contribution in [0.15, 0.2) is 66.7 Å². The number of aliphatic carboxylic acids is 1. The predicted octanol–water partition coefficient (Wildman–Crippen LogP) is 3.92. The van der Waals surface area contributed by atoms with Gasteiger partial charge in [0, 0.05) is 17.0 Å². The number of hydrogen-bond acceptors (Lipinski definition) is 2. The molecule has 5 heteroatoms. The van der Waals surface area contributed by atoms with Crippen molar-refractivity contribution in [1.29, 1.82) is 0 Å². The van der Waals surface area contributed by atoms with Crippen LogP contribution < -0.4 is 5.32 Å². The molecule has 126 valence electrons. The molecule has 1 amide bonds. The van der Waals surface area contributed by atoms with E-state index in [2.05, 4.69) is 5.32 Å². The van der Waals surface area contributed by atoms with Crippen LogP contribution in [0.4, 0.5) is 0 Å². The van der Waals surface area contributed by atoms with Crippen molar-refractivity contribution in [3.63, 3.8) is 0 Å². The van der Waals surface area contributed by atoms with Gasteiger partial charge in [-0.2, -0.15) is 0 Å². The first-order valence-electron chi connectivity index (χ1n) is 7.80. The molecule has 0 saturated heterocycles. The van der Waals surface area contributed by atoms with Crippen LogP contribution in [0.3, 0.4) is 0 Å². The van der Waals surface area contributed by atoms with E-state index in [9.17, 15) is 14.7 Å². The fourth-order valence-electron chi connectivity index (χ4n) is 2.72.